The van der Waals surface area contributed by atoms with Crippen LogP contribution in [0.4, 0.5) is 9.59 Å². The van der Waals surface area contributed by atoms with Crippen LogP contribution in [0, 0.1) is 0 Å². The van der Waals surface area contributed by atoms with Gasteiger partial charge in [0.1, 0.15) is 0 Å². The summed E-state index contributed by atoms with van der Waals surface area (Å²) in [5.41, 5.74) is 0. The van der Waals surface area contributed by atoms with Crippen molar-refractivity contribution in [2.75, 3.05) is 0 Å². The van der Waals surface area contributed by atoms with Gasteiger partial charge in [0.15, 0.2) is 0 Å². The first-order valence-corrected chi connectivity index (χ1v) is 3.58. The molecule has 0 heterocycles. The lowest BCUT2D eigenvalue weighted by Gasteiger charge is -2.00. The van der Waals surface area contributed by atoms with Gasteiger partial charge in [-0.05, 0) is 0 Å². The number of rotatable bonds is 2. The molecule has 0 fully saturated rings. The van der Waals surface area contributed by atoms with Gasteiger partial charge < -0.3 is 10.2 Å². The fourth-order valence-electron chi connectivity index (χ4n) is 0.255. The molecule has 4 N–H and O–H groups in total. The van der Waals surface area contributed by atoms with Gasteiger partial charge in [-0.1, -0.05) is 0 Å². The van der Waals surface area contributed by atoms with Crippen molar-refractivity contribution in [1.82, 2.24) is 9.44 Å². The van der Waals surface area contributed by atoms with Crippen LogP contribution in [-0.4, -0.2) is 30.8 Å². The third-order valence-electron chi connectivity index (χ3n) is 0.443. The molecule has 0 saturated carbocycles. The first-order valence-electron chi connectivity index (χ1n) is 2.10. The van der Waals surface area contributed by atoms with E-state index in [0.717, 1.165) is 9.44 Å². The molecule has 0 spiro atoms. The Kier molecular flexibility index (Phi) is 2.63. The summed E-state index contributed by atoms with van der Waals surface area (Å²) in [4.78, 5) is 19.3. The second-order valence-corrected chi connectivity index (χ2v) is 2.73. The number of nitrogens with one attached hydrogen (secondary N) is 2. The molecule has 64 valence electrons. The van der Waals surface area contributed by atoms with Gasteiger partial charge in [0.25, 0.3) is 0 Å². The van der Waals surface area contributed by atoms with Crippen LogP contribution in [0.15, 0.2) is 0 Å². The highest BCUT2D eigenvalue weighted by Gasteiger charge is 2.14. The van der Waals surface area contributed by atoms with Gasteiger partial charge in [-0.2, -0.15) is 8.42 Å². The maximum Gasteiger partial charge on any atom is 0.419 e. The summed E-state index contributed by atoms with van der Waals surface area (Å²) in [6.45, 7) is 0. The minimum Gasteiger partial charge on any atom is -0.464 e. The Morgan fingerprint density at radius 2 is 1.27 bits per heavy atom. The Labute approximate surface area is 61.0 Å². The van der Waals surface area contributed by atoms with Crippen molar-refractivity contribution in [2.24, 2.45) is 0 Å². The summed E-state index contributed by atoms with van der Waals surface area (Å²) in [6.07, 6.45) is -3.72. The van der Waals surface area contributed by atoms with E-state index >= 15 is 0 Å². The molecular weight excluding hydrogens is 180 g/mol. The lowest BCUT2D eigenvalue weighted by Crippen LogP contribution is -2.41. The van der Waals surface area contributed by atoms with E-state index in [4.69, 9.17) is 10.2 Å². The zero-order valence-corrected chi connectivity index (χ0v) is 5.75. The molecule has 0 aromatic heterocycles. The van der Waals surface area contributed by atoms with Crippen molar-refractivity contribution < 1.29 is 28.2 Å². The van der Waals surface area contributed by atoms with Crippen molar-refractivity contribution in [3.8, 4) is 0 Å². The van der Waals surface area contributed by atoms with Crippen LogP contribution in [0.1, 0.15) is 0 Å². The van der Waals surface area contributed by atoms with Crippen LogP contribution in [0.2, 0.25) is 0 Å². The summed E-state index contributed by atoms with van der Waals surface area (Å²) in [6, 6.07) is 0. The van der Waals surface area contributed by atoms with Crippen LogP contribution in [-0.2, 0) is 10.2 Å². The molecule has 8 nitrogen and oxygen atoms in total. The molecule has 0 saturated heterocycles. The zero-order valence-electron chi connectivity index (χ0n) is 4.94. The Balaban J connectivity index is 4.25. The number of hydrogen-bond donors (Lipinski definition) is 4. The summed E-state index contributed by atoms with van der Waals surface area (Å²) in [7, 11) is -4.48. The van der Waals surface area contributed by atoms with E-state index in [9.17, 15) is 18.0 Å². The molecular formula is C2H4N2O6S. The molecule has 0 radical (unpaired) electrons. The van der Waals surface area contributed by atoms with Crippen molar-refractivity contribution >= 4 is 22.4 Å². The van der Waals surface area contributed by atoms with E-state index in [0.29, 0.717) is 0 Å². The molecule has 0 atom stereocenters. The third-order valence-corrected chi connectivity index (χ3v) is 1.33. The van der Waals surface area contributed by atoms with Crippen LogP contribution in [0.5, 0.6) is 0 Å². The maximum atomic E-state index is 10.3. The van der Waals surface area contributed by atoms with E-state index in [-0.39, 0.29) is 0 Å². The monoisotopic (exact) mass is 184 g/mol. The number of carbonyl (C=O) groups is 2. The van der Waals surface area contributed by atoms with Gasteiger partial charge in [-0.15, -0.1) is 0 Å². The van der Waals surface area contributed by atoms with Crippen LogP contribution in [0.3, 0.4) is 0 Å². The lowest BCUT2D eigenvalue weighted by atomic mass is 11.3. The highest BCUT2D eigenvalue weighted by atomic mass is 32.2. The Hall–Kier alpha value is -1.51. The Morgan fingerprint density at radius 3 is 1.45 bits per heavy atom. The average molecular weight is 184 g/mol. The SMILES string of the molecule is O=C(O)NS(=O)(=O)NC(=O)O. The van der Waals surface area contributed by atoms with Gasteiger partial charge >= 0.3 is 22.4 Å². The molecule has 0 aromatic carbocycles. The molecule has 0 aromatic rings. The van der Waals surface area contributed by atoms with Crippen LogP contribution < -0.4 is 9.44 Å². The van der Waals surface area contributed by atoms with E-state index in [1.807, 2.05) is 0 Å². The van der Waals surface area contributed by atoms with Gasteiger partial charge in [-0.3, -0.25) is 0 Å². The summed E-state index contributed by atoms with van der Waals surface area (Å²) < 4.78 is 22.4. The van der Waals surface area contributed by atoms with Crippen molar-refractivity contribution in [3.63, 3.8) is 0 Å². The normalized spacial score (nSPS) is 10.2. The summed E-state index contributed by atoms with van der Waals surface area (Å²) in [5.74, 6) is 0. The largest absolute Gasteiger partial charge is 0.464 e. The van der Waals surface area contributed by atoms with Gasteiger partial charge in [0, 0.05) is 0 Å². The van der Waals surface area contributed by atoms with Crippen molar-refractivity contribution in [3.05, 3.63) is 0 Å². The first-order chi connectivity index (χ1) is 4.83. The maximum absolute atomic E-state index is 10.3. The average Bonchev–Trinajstić information content (AvgIpc) is 1.53. The number of amides is 2. The second-order valence-electron chi connectivity index (χ2n) is 1.32. The molecule has 0 aliphatic carbocycles. The molecule has 0 aliphatic rings. The van der Waals surface area contributed by atoms with Gasteiger partial charge in [0.2, 0.25) is 0 Å². The van der Waals surface area contributed by atoms with Gasteiger partial charge in [0.05, 0.1) is 0 Å². The Morgan fingerprint density at radius 1 is 1.00 bits per heavy atom. The summed E-state index contributed by atoms with van der Waals surface area (Å²) >= 11 is 0. The quantitative estimate of drug-likeness (QED) is 0.424. The fourth-order valence-corrected chi connectivity index (χ4v) is 0.766. The molecule has 0 unspecified atom stereocenters. The number of carboxylic acid groups (broad SMARTS) is 2. The highest BCUT2D eigenvalue weighted by Crippen LogP contribution is 1.75. The molecule has 0 bridgehead atoms. The number of hydrogen-bond acceptors (Lipinski definition) is 4. The first kappa shape index (κ1) is 9.49. The molecule has 9 heteroatoms. The van der Waals surface area contributed by atoms with Crippen molar-refractivity contribution in [1.29, 1.82) is 0 Å². The van der Waals surface area contributed by atoms with Crippen LogP contribution >= 0.6 is 0 Å². The van der Waals surface area contributed by atoms with E-state index in [2.05, 4.69) is 0 Å². The van der Waals surface area contributed by atoms with E-state index in [1.165, 1.54) is 0 Å². The molecule has 0 aliphatic heterocycles. The Bertz CT molecular complexity index is 244. The highest BCUT2D eigenvalue weighted by molar-refractivity contribution is 7.88. The van der Waals surface area contributed by atoms with Crippen LogP contribution in [0.25, 0.3) is 0 Å². The van der Waals surface area contributed by atoms with Gasteiger partial charge in [-0.25, -0.2) is 19.0 Å². The molecule has 0 rings (SSSR count). The molecule has 2 amide bonds. The topological polar surface area (TPSA) is 133 Å². The fraction of sp³-hybridized carbons (Fsp3) is 0. The minimum absolute atomic E-state index is 0.947. The van der Waals surface area contributed by atoms with E-state index in [1.54, 1.807) is 0 Å². The van der Waals surface area contributed by atoms with Crippen molar-refractivity contribution in [2.45, 2.75) is 0 Å². The predicted molar refractivity (Wildman–Crippen MR) is 31.2 cm³/mol. The second kappa shape index (κ2) is 3.05. The standard InChI is InChI=1S/C2H4N2O6S/c5-1(6)3-11(9,10)4-2(7)8/h3-4H,(H,5,6)(H,7,8). The minimum atomic E-state index is -4.48. The zero-order chi connectivity index (χ0) is 9.07. The molecule has 11 heavy (non-hydrogen) atoms. The predicted octanol–water partition coefficient (Wildman–Crippen LogP) is -1.23. The summed E-state index contributed by atoms with van der Waals surface area (Å²) in [5, 5.41) is 15.7. The smallest absolute Gasteiger partial charge is 0.419 e. The van der Waals surface area contributed by atoms with E-state index < -0.39 is 22.4 Å². The lowest BCUT2D eigenvalue weighted by molar-refractivity contribution is 0.199. The third kappa shape index (κ3) is 4.96.